The fraction of sp³-hybridized carbons (Fsp3) is 0.133. The lowest BCUT2D eigenvalue weighted by molar-refractivity contribution is 1.00. The van der Waals surface area contributed by atoms with E-state index in [9.17, 15) is 4.79 Å². The Morgan fingerprint density at radius 1 is 1.19 bits per heavy atom. The van der Waals surface area contributed by atoms with Gasteiger partial charge in [-0.3, -0.25) is 4.79 Å². The van der Waals surface area contributed by atoms with Crippen molar-refractivity contribution in [2.24, 2.45) is 0 Å². The van der Waals surface area contributed by atoms with Gasteiger partial charge in [-0.2, -0.15) is 5.10 Å². The highest BCUT2D eigenvalue weighted by molar-refractivity contribution is 7.99. The van der Waals surface area contributed by atoms with Gasteiger partial charge >= 0.3 is 0 Å². The zero-order valence-corrected chi connectivity index (χ0v) is 12.5. The molecule has 0 saturated carbocycles. The maximum Gasteiger partial charge on any atom is 0.272 e. The molecule has 0 spiro atoms. The van der Waals surface area contributed by atoms with Gasteiger partial charge < -0.3 is 5.73 Å². The summed E-state index contributed by atoms with van der Waals surface area (Å²) in [6.45, 7) is 3.89. The van der Waals surface area contributed by atoms with E-state index in [1.807, 2.05) is 38.1 Å². The molecule has 6 heteroatoms. The second-order valence-electron chi connectivity index (χ2n) is 4.84. The van der Waals surface area contributed by atoms with Gasteiger partial charge in [0.1, 0.15) is 5.03 Å². The summed E-state index contributed by atoms with van der Waals surface area (Å²) in [5.74, 6) is 0.284. The predicted octanol–water partition coefficient (Wildman–Crippen LogP) is 2.67. The molecule has 21 heavy (non-hydrogen) atoms. The number of nitrogens with zero attached hydrogens (tertiary/aromatic N) is 2. The van der Waals surface area contributed by atoms with E-state index in [0.29, 0.717) is 15.8 Å². The summed E-state index contributed by atoms with van der Waals surface area (Å²) >= 11 is 1.48. The van der Waals surface area contributed by atoms with E-state index in [2.05, 4.69) is 15.2 Å². The van der Waals surface area contributed by atoms with Gasteiger partial charge in [0.05, 0.1) is 10.8 Å². The number of anilines is 1. The third kappa shape index (κ3) is 2.62. The molecular weight excluding hydrogens is 284 g/mol. The number of nitrogens with one attached hydrogen (secondary N) is 1. The summed E-state index contributed by atoms with van der Waals surface area (Å²) in [4.78, 5) is 17.5. The van der Waals surface area contributed by atoms with Crippen molar-refractivity contribution in [2.45, 2.75) is 23.8 Å². The molecule has 106 valence electrons. The summed E-state index contributed by atoms with van der Waals surface area (Å²) < 4.78 is 0. The maximum atomic E-state index is 11.9. The number of aromatic nitrogens is 3. The van der Waals surface area contributed by atoms with E-state index in [0.717, 1.165) is 10.6 Å². The molecule has 1 aromatic carbocycles. The first-order chi connectivity index (χ1) is 10.0. The maximum absolute atomic E-state index is 11.9. The molecule has 0 atom stereocenters. The van der Waals surface area contributed by atoms with Crippen molar-refractivity contribution < 1.29 is 0 Å². The standard InChI is InChI=1S/C15H14N4OS/c1-8-3-5-10(6-4-8)21-15-12-11(7-9(2)17-15)14(20)19-18-13(12)16/h3-7H,1-2H3,(H2,16,18)(H,19,20). The second kappa shape index (κ2) is 5.21. The molecular formula is C15H14N4OS. The predicted molar refractivity (Wildman–Crippen MR) is 84.6 cm³/mol. The Morgan fingerprint density at radius 2 is 1.90 bits per heavy atom. The molecule has 0 fully saturated rings. The second-order valence-corrected chi connectivity index (χ2v) is 5.91. The minimum Gasteiger partial charge on any atom is -0.382 e. The van der Waals surface area contributed by atoms with Gasteiger partial charge in [0.15, 0.2) is 5.82 Å². The van der Waals surface area contributed by atoms with Crippen molar-refractivity contribution >= 4 is 28.4 Å². The molecule has 2 heterocycles. The van der Waals surface area contributed by atoms with Crippen molar-refractivity contribution in [1.29, 1.82) is 0 Å². The smallest absolute Gasteiger partial charge is 0.272 e. The number of hydrogen-bond donors (Lipinski definition) is 2. The van der Waals surface area contributed by atoms with Crippen LogP contribution in [0.4, 0.5) is 5.82 Å². The first kappa shape index (κ1) is 13.6. The van der Waals surface area contributed by atoms with E-state index in [4.69, 9.17) is 5.73 Å². The van der Waals surface area contributed by atoms with E-state index in [1.54, 1.807) is 6.07 Å². The number of fused-ring (bicyclic) bond motifs is 1. The molecule has 3 N–H and O–H groups in total. The zero-order chi connectivity index (χ0) is 15.0. The molecule has 2 aromatic heterocycles. The van der Waals surface area contributed by atoms with Gasteiger partial charge in [0.2, 0.25) is 0 Å². The molecule has 0 unspecified atom stereocenters. The molecule has 0 aliphatic carbocycles. The van der Waals surface area contributed by atoms with Crippen LogP contribution in [0, 0.1) is 13.8 Å². The van der Waals surface area contributed by atoms with Gasteiger partial charge in [-0.25, -0.2) is 10.1 Å². The summed E-state index contributed by atoms with van der Waals surface area (Å²) in [5, 5.41) is 8.06. The quantitative estimate of drug-likeness (QED) is 0.760. The van der Waals surface area contributed by atoms with Crippen LogP contribution in [0.3, 0.4) is 0 Å². The first-order valence-corrected chi connectivity index (χ1v) is 7.26. The number of aryl methyl sites for hydroxylation is 2. The van der Waals surface area contributed by atoms with Gasteiger partial charge in [-0.05, 0) is 32.0 Å². The number of hydrogen-bond acceptors (Lipinski definition) is 5. The Morgan fingerprint density at radius 3 is 2.62 bits per heavy atom. The largest absolute Gasteiger partial charge is 0.382 e. The van der Waals surface area contributed by atoms with Crippen molar-refractivity contribution in [2.75, 3.05) is 5.73 Å². The number of nitrogens with two attached hydrogens (primary N) is 1. The highest BCUT2D eigenvalue weighted by Gasteiger charge is 2.13. The van der Waals surface area contributed by atoms with Crippen molar-refractivity contribution in [3.05, 3.63) is 51.9 Å². The Labute approximate surface area is 125 Å². The van der Waals surface area contributed by atoms with Crippen LogP contribution in [-0.2, 0) is 0 Å². The van der Waals surface area contributed by atoms with Crippen molar-refractivity contribution in [3.8, 4) is 0 Å². The monoisotopic (exact) mass is 298 g/mol. The van der Waals surface area contributed by atoms with Crippen LogP contribution >= 0.6 is 11.8 Å². The molecule has 5 nitrogen and oxygen atoms in total. The van der Waals surface area contributed by atoms with Crippen LogP contribution < -0.4 is 11.3 Å². The number of aromatic amines is 1. The molecule has 3 aromatic rings. The summed E-state index contributed by atoms with van der Waals surface area (Å²) in [5.41, 5.74) is 7.63. The van der Waals surface area contributed by atoms with Crippen molar-refractivity contribution in [3.63, 3.8) is 0 Å². The summed E-state index contributed by atoms with van der Waals surface area (Å²) in [7, 11) is 0. The highest BCUT2D eigenvalue weighted by Crippen LogP contribution is 2.33. The van der Waals surface area contributed by atoms with Crippen LogP contribution in [0.25, 0.3) is 10.8 Å². The Bertz CT molecular complexity index is 871. The molecule has 0 saturated heterocycles. The number of pyridine rings is 1. The molecule has 3 rings (SSSR count). The number of benzene rings is 1. The third-order valence-electron chi connectivity index (χ3n) is 3.13. The number of nitrogen functional groups attached to an aromatic ring is 1. The fourth-order valence-electron chi connectivity index (χ4n) is 2.09. The lowest BCUT2D eigenvalue weighted by atomic mass is 10.2. The molecule has 0 aliphatic heterocycles. The molecule has 0 amide bonds. The Balaban J connectivity index is 2.20. The normalized spacial score (nSPS) is 11.0. The number of H-pyrrole nitrogens is 1. The van der Waals surface area contributed by atoms with Gasteiger partial charge in [0, 0.05) is 10.6 Å². The summed E-state index contributed by atoms with van der Waals surface area (Å²) in [6, 6.07) is 9.84. The topological polar surface area (TPSA) is 84.7 Å². The lowest BCUT2D eigenvalue weighted by Gasteiger charge is -2.08. The van der Waals surface area contributed by atoms with Crippen LogP contribution in [0.2, 0.25) is 0 Å². The van der Waals surface area contributed by atoms with Gasteiger partial charge in [-0.15, -0.1) is 0 Å². The van der Waals surface area contributed by atoms with E-state index < -0.39 is 0 Å². The van der Waals surface area contributed by atoms with Crippen LogP contribution in [0.1, 0.15) is 11.3 Å². The minimum atomic E-state index is -0.254. The van der Waals surface area contributed by atoms with Crippen LogP contribution in [0.5, 0.6) is 0 Å². The Hall–Kier alpha value is -2.34. The molecule has 0 bridgehead atoms. The first-order valence-electron chi connectivity index (χ1n) is 6.44. The Kier molecular flexibility index (Phi) is 3.39. The van der Waals surface area contributed by atoms with Crippen molar-refractivity contribution in [1.82, 2.24) is 15.2 Å². The number of rotatable bonds is 2. The minimum absolute atomic E-state index is 0.254. The van der Waals surface area contributed by atoms with Crippen LogP contribution in [-0.4, -0.2) is 15.2 Å². The lowest BCUT2D eigenvalue weighted by Crippen LogP contribution is -2.12. The molecule has 0 radical (unpaired) electrons. The van der Waals surface area contributed by atoms with Gasteiger partial charge in [-0.1, -0.05) is 29.5 Å². The SMILES string of the molecule is Cc1ccc(Sc2nc(C)cc3c(=O)[nH]nc(N)c23)cc1. The molecule has 0 aliphatic rings. The van der Waals surface area contributed by atoms with E-state index in [1.165, 1.54) is 17.3 Å². The fourth-order valence-corrected chi connectivity index (χ4v) is 3.09. The van der Waals surface area contributed by atoms with Gasteiger partial charge in [0.25, 0.3) is 5.56 Å². The summed E-state index contributed by atoms with van der Waals surface area (Å²) in [6.07, 6.45) is 0. The average Bonchev–Trinajstić information content (AvgIpc) is 2.45. The van der Waals surface area contributed by atoms with E-state index >= 15 is 0 Å². The zero-order valence-electron chi connectivity index (χ0n) is 11.7. The average molecular weight is 298 g/mol. The highest BCUT2D eigenvalue weighted by atomic mass is 32.2. The van der Waals surface area contributed by atoms with E-state index in [-0.39, 0.29) is 11.4 Å². The third-order valence-corrected chi connectivity index (χ3v) is 4.13. The van der Waals surface area contributed by atoms with Crippen LogP contribution in [0.15, 0.2) is 45.0 Å².